The molecule has 1 aromatic heterocycles. The Morgan fingerprint density at radius 1 is 1.27 bits per heavy atom. The molecule has 0 radical (unpaired) electrons. The summed E-state index contributed by atoms with van der Waals surface area (Å²) in [6, 6.07) is 5.63. The van der Waals surface area contributed by atoms with E-state index < -0.39 is 0 Å². The van der Waals surface area contributed by atoms with Crippen molar-refractivity contribution in [3.63, 3.8) is 0 Å². The number of hydrogen-bond donors (Lipinski definition) is 1. The Hall–Kier alpha value is -1.07. The highest BCUT2D eigenvalue weighted by atomic mass is 35.5. The van der Waals surface area contributed by atoms with Crippen LogP contribution in [0.15, 0.2) is 30.7 Å². The van der Waals surface area contributed by atoms with Crippen molar-refractivity contribution >= 4 is 23.2 Å². The highest BCUT2D eigenvalue weighted by Crippen LogP contribution is 2.24. The lowest BCUT2D eigenvalue weighted by atomic mass is 10.1. The molecule has 2 aromatic rings. The maximum Gasteiger partial charge on any atom is 0.0922 e. The first kappa shape index (κ1) is 15.8. The van der Waals surface area contributed by atoms with Gasteiger partial charge in [-0.1, -0.05) is 23.2 Å². The first-order chi connectivity index (χ1) is 10.7. The zero-order valence-corrected chi connectivity index (χ0v) is 13.8. The van der Waals surface area contributed by atoms with Crippen LogP contribution >= 0.6 is 23.2 Å². The second kappa shape index (κ2) is 7.47. The SMILES string of the molecule is Clc1ccc(Cl)c(CN2CCC(OCc3cnc[nH]3)CC2)c1. The van der Waals surface area contributed by atoms with E-state index in [2.05, 4.69) is 14.9 Å². The van der Waals surface area contributed by atoms with Crippen molar-refractivity contribution in [2.45, 2.75) is 32.1 Å². The van der Waals surface area contributed by atoms with Gasteiger partial charge in [-0.25, -0.2) is 4.98 Å². The van der Waals surface area contributed by atoms with Crippen LogP contribution in [0.5, 0.6) is 0 Å². The first-order valence-electron chi connectivity index (χ1n) is 7.46. The number of aromatic nitrogens is 2. The van der Waals surface area contributed by atoms with Crippen molar-refractivity contribution in [2.24, 2.45) is 0 Å². The van der Waals surface area contributed by atoms with Gasteiger partial charge in [-0.2, -0.15) is 0 Å². The number of benzene rings is 1. The predicted octanol–water partition coefficient (Wildman–Crippen LogP) is 3.90. The number of halogens is 2. The maximum atomic E-state index is 6.23. The minimum Gasteiger partial charge on any atom is -0.372 e. The van der Waals surface area contributed by atoms with Crippen LogP contribution in [0, 0.1) is 0 Å². The number of imidazole rings is 1. The Labute approximate surface area is 140 Å². The molecule has 0 saturated carbocycles. The number of aromatic amines is 1. The van der Waals surface area contributed by atoms with E-state index in [1.165, 1.54) is 0 Å². The number of rotatable bonds is 5. The lowest BCUT2D eigenvalue weighted by Crippen LogP contribution is -2.36. The third kappa shape index (κ3) is 4.23. The fourth-order valence-electron chi connectivity index (χ4n) is 2.71. The van der Waals surface area contributed by atoms with Gasteiger partial charge in [-0.3, -0.25) is 4.90 Å². The van der Waals surface area contributed by atoms with E-state index in [1.807, 2.05) is 18.2 Å². The van der Waals surface area contributed by atoms with E-state index in [0.29, 0.717) is 12.7 Å². The van der Waals surface area contributed by atoms with Crippen LogP contribution in [0.3, 0.4) is 0 Å². The van der Waals surface area contributed by atoms with Crippen LogP contribution in [0.1, 0.15) is 24.1 Å². The number of nitrogens with one attached hydrogen (secondary N) is 1. The molecule has 0 atom stereocenters. The Bertz CT molecular complexity index is 595. The average Bonchev–Trinajstić information content (AvgIpc) is 3.04. The van der Waals surface area contributed by atoms with Crippen LogP contribution in [0.2, 0.25) is 10.0 Å². The quantitative estimate of drug-likeness (QED) is 0.898. The molecule has 0 bridgehead atoms. The molecule has 2 heterocycles. The van der Waals surface area contributed by atoms with Crippen molar-refractivity contribution in [3.05, 3.63) is 52.0 Å². The molecule has 0 unspecified atom stereocenters. The second-order valence-electron chi connectivity index (χ2n) is 5.60. The lowest BCUT2D eigenvalue weighted by Gasteiger charge is -2.32. The van der Waals surface area contributed by atoms with Gasteiger partial charge in [-0.15, -0.1) is 0 Å². The molecule has 1 fully saturated rings. The van der Waals surface area contributed by atoms with Gasteiger partial charge in [-0.05, 0) is 36.6 Å². The van der Waals surface area contributed by atoms with E-state index in [-0.39, 0.29) is 0 Å². The van der Waals surface area contributed by atoms with E-state index >= 15 is 0 Å². The largest absolute Gasteiger partial charge is 0.372 e. The number of piperidine rings is 1. The number of hydrogen-bond acceptors (Lipinski definition) is 3. The van der Waals surface area contributed by atoms with Gasteiger partial charge in [0.25, 0.3) is 0 Å². The van der Waals surface area contributed by atoms with E-state index in [0.717, 1.165) is 53.8 Å². The molecule has 0 amide bonds. The normalized spacial score (nSPS) is 17.0. The smallest absolute Gasteiger partial charge is 0.0922 e. The van der Waals surface area contributed by atoms with Gasteiger partial charge < -0.3 is 9.72 Å². The van der Waals surface area contributed by atoms with Crippen molar-refractivity contribution in [1.82, 2.24) is 14.9 Å². The summed E-state index contributed by atoms with van der Waals surface area (Å²) in [4.78, 5) is 9.45. The van der Waals surface area contributed by atoms with Crippen LogP contribution in [-0.4, -0.2) is 34.1 Å². The summed E-state index contributed by atoms with van der Waals surface area (Å²) in [7, 11) is 0. The molecular weight excluding hydrogens is 321 g/mol. The summed E-state index contributed by atoms with van der Waals surface area (Å²) in [5, 5.41) is 1.51. The Kier molecular flexibility index (Phi) is 5.37. The molecule has 6 heteroatoms. The van der Waals surface area contributed by atoms with Crippen molar-refractivity contribution in [2.75, 3.05) is 13.1 Å². The Morgan fingerprint density at radius 3 is 2.82 bits per heavy atom. The number of H-pyrrole nitrogens is 1. The Balaban J connectivity index is 1.46. The van der Waals surface area contributed by atoms with Gasteiger partial charge in [0, 0.05) is 29.7 Å². The molecular formula is C16H19Cl2N3O. The minimum atomic E-state index is 0.314. The van der Waals surface area contributed by atoms with Crippen LogP contribution in [0.4, 0.5) is 0 Å². The van der Waals surface area contributed by atoms with Crippen LogP contribution < -0.4 is 0 Å². The lowest BCUT2D eigenvalue weighted by molar-refractivity contribution is -0.00510. The van der Waals surface area contributed by atoms with Gasteiger partial charge >= 0.3 is 0 Å². The molecule has 22 heavy (non-hydrogen) atoms. The fourth-order valence-corrected chi connectivity index (χ4v) is 3.08. The van der Waals surface area contributed by atoms with Gasteiger partial charge in [0.15, 0.2) is 0 Å². The zero-order chi connectivity index (χ0) is 15.4. The summed E-state index contributed by atoms with van der Waals surface area (Å²) in [6.45, 7) is 3.46. The van der Waals surface area contributed by atoms with E-state index in [4.69, 9.17) is 27.9 Å². The molecule has 1 N–H and O–H groups in total. The standard InChI is InChI=1S/C16H19Cl2N3O/c17-13-1-2-16(18)12(7-13)9-21-5-3-15(4-6-21)22-10-14-8-19-11-20-14/h1-2,7-8,11,15H,3-6,9-10H2,(H,19,20). The van der Waals surface area contributed by atoms with Gasteiger partial charge in [0.2, 0.25) is 0 Å². The van der Waals surface area contributed by atoms with Crippen molar-refractivity contribution in [1.29, 1.82) is 0 Å². The maximum absolute atomic E-state index is 6.23. The molecule has 0 aliphatic carbocycles. The summed E-state index contributed by atoms with van der Waals surface area (Å²) < 4.78 is 5.92. The van der Waals surface area contributed by atoms with Crippen molar-refractivity contribution < 1.29 is 4.74 Å². The molecule has 3 rings (SSSR count). The summed E-state index contributed by atoms with van der Waals surface area (Å²) in [5.74, 6) is 0. The van der Waals surface area contributed by atoms with Crippen LogP contribution in [-0.2, 0) is 17.9 Å². The molecule has 1 aromatic carbocycles. The molecule has 4 nitrogen and oxygen atoms in total. The highest BCUT2D eigenvalue weighted by Gasteiger charge is 2.20. The van der Waals surface area contributed by atoms with Crippen LogP contribution in [0.25, 0.3) is 0 Å². The third-order valence-corrected chi connectivity index (χ3v) is 4.57. The second-order valence-corrected chi connectivity index (χ2v) is 6.44. The average molecular weight is 340 g/mol. The third-order valence-electron chi connectivity index (χ3n) is 3.97. The topological polar surface area (TPSA) is 41.1 Å². The highest BCUT2D eigenvalue weighted by molar-refractivity contribution is 6.33. The molecule has 1 aliphatic heterocycles. The first-order valence-corrected chi connectivity index (χ1v) is 8.21. The van der Waals surface area contributed by atoms with Crippen molar-refractivity contribution in [3.8, 4) is 0 Å². The van der Waals surface area contributed by atoms with E-state index in [1.54, 1.807) is 12.5 Å². The molecule has 1 saturated heterocycles. The van der Waals surface area contributed by atoms with Gasteiger partial charge in [0.1, 0.15) is 0 Å². The molecule has 118 valence electrons. The summed E-state index contributed by atoms with van der Waals surface area (Å²) >= 11 is 12.3. The van der Waals surface area contributed by atoms with Gasteiger partial charge in [0.05, 0.1) is 30.9 Å². The summed E-state index contributed by atoms with van der Waals surface area (Å²) in [6.07, 6.45) is 5.86. The molecule has 0 spiro atoms. The number of nitrogens with zero attached hydrogens (tertiary/aromatic N) is 2. The minimum absolute atomic E-state index is 0.314. The monoisotopic (exact) mass is 339 g/mol. The Morgan fingerprint density at radius 2 is 2.09 bits per heavy atom. The van der Waals surface area contributed by atoms with E-state index in [9.17, 15) is 0 Å². The fraction of sp³-hybridized carbons (Fsp3) is 0.438. The molecule has 1 aliphatic rings. The summed E-state index contributed by atoms with van der Waals surface area (Å²) in [5.41, 5.74) is 2.11. The number of likely N-dealkylation sites (tertiary alicyclic amines) is 1. The number of ether oxygens (including phenoxy) is 1. The predicted molar refractivity (Wildman–Crippen MR) is 88.1 cm³/mol. The zero-order valence-electron chi connectivity index (χ0n) is 12.3.